The average Bonchev–Trinajstić information content (AvgIpc) is 3.33. The summed E-state index contributed by atoms with van der Waals surface area (Å²) < 4.78 is 24.6. The van der Waals surface area contributed by atoms with Crippen LogP contribution in [0.3, 0.4) is 0 Å². The lowest BCUT2D eigenvalue weighted by Crippen LogP contribution is -2.65. The third-order valence-corrected chi connectivity index (χ3v) is 8.51. The van der Waals surface area contributed by atoms with E-state index in [4.69, 9.17) is 18.8 Å². The summed E-state index contributed by atoms with van der Waals surface area (Å²) in [5.41, 5.74) is 1.78. The van der Waals surface area contributed by atoms with E-state index in [1.165, 1.54) is 6.42 Å². The zero-order chi connectivity index (χ0) is 20.3. The van der Waals surface area contributed by atoms with Crippen LogP contribution in [0.2, 0.25) is 5.82 Å². The van der Waals surface area contributed by atoms with Gasteiger partial charge in [-0.2, -0.15) is 0 Å². The van der Waals surface area contributed by atoms with Gasteiger partial charge in [0.1, 0.15) is 11.3 Å². The Morgan fingerprint density at radius 3 is 2.59 bits per heavy atom. The van der Waals surface area contributed by atoms with Crippen molar-refractivity contribution < 1.29 is 23.6 Å². The molecule has 7 rings (SSSR count). The zero-order valence-electron chi connectivity index (χ0n) is 17.9. The van der Waals surface area contributed by atoms with Crippen LogP contribution in [0.4, 0.5) is 0 Å². The lowest BCUT2D eigenvalue weighted by Gasteiger charge is -2.64. The molecular formula is C23H29BO5. The van der Waals surface area contributed by atoms with E-state index < -0.39 is 5.79 Å². The van der Waals surface area contributed by atoms with Gasteiger partial charge in [-0.3, -0.25) is 0 Å². The fourth-order valence-electron chi connectivity index (χ4n) is 6.62. The van der Waals surface area contributed by atoms with Gasteiger partial charge in [0.15, 0.2) is 0 Å². The molecule has 6 atom stereocenters. The first-order chi connectivity index (χ1) is 13.6. The Morgan fingerprint density at radius 1 is 1.03 bits per heavy atom. The van der Waals surface area contributed by atoms with Crippen molar-refractivity contribution in [1.82, 2.24) is 0 Å². The highest BCUT2D eigenvalue weighted by Crippen LogP contribution is 2.68. The molecule has 1 aromatic rings. The number of benzene rings is 1. The van der Waals surface area contributed by atoms with Gasteiger partial charge in [0, 0.05) is 19.7 Å². The first-order valence-corrected chi connectivity index (χ1v) is 11.0. The van der Waals surface area contributed by atoms with Crippen LogP contribution in [0.15, 0.2) is 18.2 Å². The molecule has 154 valence electrons. The van der Waals surface area contributed by atoms with Crippen LogP contribution < -0.4 is 4.74 Å². The van der Waals surface area contributed by atoms with E-state index in [2.05, 4.69) is 26.8 Å². The van der Waals surface area contributed by atoms with E-state index in [1.54, 1.807) is 19.9 Å². The second-order valence-electron chi connectivity index (χ2n) is 11.0. The molecule has 2 heterocycles. The Labute approximate surface area is 172 Å². The molecule has 0 amide bonds. The number of carbonyl (C=O) groups is 1. The quantitative estimate of drug-likeness (QED) is 0.542. The molecule has 0 aromatic heterocycles. The summed E-state index contributed by atoms with van der Waals surface area (Å²) in [5.74, 6) is 1.35. The SMILES string of the molecule is CC1(C)OC(=O)c2cccc([C@@H]3C[C@@H]3B3OC4CC5C[C@@H](C5(C)C)[C@]4(C)O3)c2O1. The summed E-state index contributed by atoms with van der Waals surface area (Å²) in [7, 11) is -0.162. The highest BCUT2D eigenvalue weighted by molar-refractivity contribution is 6.49. The van der Waals surface area contributed by atoms with Crippen molar-refractivity contribution in [2.24, 2.45) is 17.3 Å². The Kier molecular flexibility index (Phi) is 3.39. The smallest absolute Gasteiger partial charge is 0.452 e. The predicted molar refractivity (Wildman–Crippen MR) is 108 cm³/mol. The van der Waals surface area contributed by atoms with E-state index in [0.29, 0.717) is 34.4 Å². The molecule has 4 saturated carbocycles. The van der Waals surface area contributed by atoms with E-state index >= 15 is 0 Å². The van der Waals surface area contributed by atoms with Gasteiger partial charge < -0.3 is 18.8 Å². The highest BCUT2D eigenvalue weighted by Gasteiger charge is 2.70. The second kappa shape index (κ2) is 5.39. The van der Waals surface area contributed by atoms with Crippen LogP contribution >= 0.6 is 0 Å². The monoisotopic (exact) mass is 396 g/mol. The van der Waals surface area contributed by atoms with Gasteiger partial charge in [-0.25, -0.2) is 4.79 Å². The van der Waals surface area contributed by atoms with Crippen molar-refractivity contribution in [2.75, 3.05) is 0 Å². The molecule has 0 N–H and O–H groups in total. The maximum absolute atomic E-state index is 12.4. The maximum Gasteiger partial charge on any atom is 0.461 e. The maximum atomic E-state index is 12.4. The molecule has 29 heavy (non-hydrogen) atoms. The van der Waals surface area contributed by atoms with Crippen LogP contribution in [0.5, 0.6) is 5.75 Å². The molecule has 2 unspecified atom stereocenters. The first-order valence-electron chi connectivity index (χ1n) is 11.0. The molecule has 4 aliphatic carbocycles. The fraction of sp³-hybridized carbons (Fsp3) is 0.696. The lowest BCUT2D eigenvalue weighted by atomic mass is 9.43. The van der Waals surface area contributed by atoms with Gasteiger partial charge >= 0.3 is 13.1 Å². The van der Waals surface area contributed by atoms with Crippen LogP contribution in [-0.2, 0) is 14.0 Å². The highest BCUT2D eigenvalue weighted by atomic mass is 16.7. The van der Waals surface area contributed by atoms with Gasteiger partial charge in [0.25, 0.3) is 0 Å². The molecular weight excluding hydrogens is 367 g/mol. The molecule has 6 aliphatic rings. The molecule has 2 bridgehead atoms. The third-order valence-electron chi connectivity index (χ3n) is 8.51. The Bertz CT molecular complexity index is 911. The number of carbonyl (C=O) groups excluding carboxylic acids is 1. The van der Waals surface area contributed by atoms with Crippen molar-refractivity contribution in [1.29, 1.82) is 0 Å². The minimum absolute atomic E-state index is 0.162. The predicted octanol–water partition coefficient (Wildman–Crippen LogP) is 4.56. The molecule has 0 spiro atoms. The number of para-hydroxylation sites is 1. The molecule has 2 aliphatic heterocycles. The molecule has 5 fully saturated rings. The number of ether oxygens (including phenoxy) is 2. The van der Waals surface area contributed by atoms with E-state index in [-0.39, 0.29) is 24.8 Å². The van der Waals surface area contributed by atoms with E-state index in [0.717, 1.165) is 24.3 Å². The molecule has 0 radical (unpaired) electrons. The van der Waals surface area contributed by atoms with Crippen molar-refractivity contribution >= 4 is 13.1 Å². The summed E-state index contributed by atoms with van der Waals surface area (Å²) in [4.78, 5) is 12.4. The molecule has 1 saturated heterocycles. The van der Waals surface area contributed by atoms with Gasteiger partial charge in [0.2, 0.25) is 5.79 Å². The van der Waals surface area contributed by atoms with Crippen molar-refractivity contribution in [3.05, 3.63) is 29.3 Å². The zero-order valence-corrected chi connectivity index (χ0v) is 17.9. The Balaban J connectivity index is 1.25. The number of esters is 1. The number of cyclic esters (lactones) is 1. The minimum Gasteiger partial charge on any atom is -0.452 e. The third kappa shape index (κ3) is 2.39. The van der Waals surface area contributed by atoms with Gasteiger partial charge in [-0.15, -0.1) is 0 Å². The summed E-state index contributed by atoms with van der Waals surface area (Å²) in [6.07, 6.45) is 3.58. The van der Waals surface area contributed by atoms with Gasteiger partial charge in [-0.1, -0.05) is 26.0 Å². The fourth-order valence-corrected chi connectivity index (χ4v) is 6.62. The number of fused-ring (bicyclic) bond motifs is 1. The average molecular weight is 396 g/mol. The topological polar surface area (TPSA) is 54.0 Å². The summed E-state index contributed by atoms with van der Waals surface area (Å²) in [5, 5.41) is 0. The number of hydrogen-bond donors (Lipinski definition) is 0. The van der Waals surface area contributed by atoms with E-state index in [9.17, 15) is 4.79 Å². The van der Waals surface area contributed by atoms with E-state index in [1.807, 2.05) is 6.07 Å². The van der Waals surface area contributed by atoms with Gasteiger partial charge in [0.05, 0.1) is 11.7 Å². The standard InChI is InChI=1S/C23H29BO5/c1-21(2)12-9-17(21)23(5)18(10-12)28-24(29-23)16-11-15(16)13-7-6-8-14-19(13)26-22(3,4)27-20(14)25/h6-8,12,15-18H,9-11H2,1-5H3/t12?,15-,16-,17-,18?,23-/m0/s1. The lowest BCUT2D eigenvalue weighted by molar-refractivity contribution is -0.199. The largest absolute Gasteiger partial charge is 0.461 e. The summed E-state index contributed by atoms with van der Waals surface area (Å²) >= 11 is 0. The van der Waals surface area contributed by atoms with Crippen LogP contribution in [0.1, 0.15) is 75.7 Å². The molecule has 1 aromatic carbocycles. The Morgan fingerprint density at radius 2 is 1.83 bits per heavy atom. The normalized spacial score (nSPS) is 42.9. The van der Waals surface area contributed by atoms with Crippen molar-refractivity contribution in [3.63, 3.8) is 0 Å². The number of rotatable bonds is 2. The van der Waals surface area contributed by atoms with Crippen molar-refractivity contribution in [3.8, 4) is 5.75 Å². The summed E-state index contributed by atoms with van der Waals surface area (Å²) in [6.45, 7) is 10.6. The van der Waals surface area contributed by atoms with Crippen molar-refractivity contribution in [2.45, 2.75) is 83.1 Å². The first kappa shape index (κ1) is 18.3. The van der Waals surface area contributed by atoms with Crippen LogP contribution in [-0.4, -0.2) is 30.6 Å². The van der Waals surface area contributed by atoms with Crippen LogP contribution in [0, 0.1) is 17.3 Å². The summed E-state index contributed by atoms with van der Waals surface area (Å²) in [6, 6.07) is 5.77. The Hall–Kier alpha value is -1.53. The van der Waals surface area contributed by atoms with Gasteiger partial charge in [-0.05, 0) is 61.0 Å². The number of hydrogen-bond acceptors (Lipinski definition) is 5. The molecule has 6 heteroatoms. The molecule has 5 nitrogen and oxygen atoms in total. The second-order valence-corrected chi connectivity index (χ2v) is 11.0. The minimum atomic E-state index is -0.945. The van der Waals surface area contributed by atoms with Crippen LogP contribution in [0.25, 0.3) is 0 Å².